The van der Waals surface area contributed by atoms with E-state index in [1.165, 1.54) is 11.8 Å². The van der Waals surface area contributed by atoms with Crippen LogP contribution in [0.15, 0.2) is 70.8 Å². The van der Waals surface area contributed by atoms with Crippen molar-refractivity contribution in [2.24, 2.45) is 0 Å². The summed E-state index contributed by atoms with van der Waals surface area (Å²) in [5.41, 5.74) is 1.55. The highest BCUT2D eigenvalue weighted by molar-refractivity contribution is 7.99. The van der Waals surface area contributed by atoms with Gasteiger partial charge in [-0.25, -0.2) is 0 Å². The number of carbonyl (C=O) groups is 1. The van der Waals surface area contributed by atoms with Crippen LogP contribution >= 0.6 is 11.8 Å². The number of nitrogens with zero attached hydrogens (tertiary/aromatic N) is 3. The van der Waals surface area contributed by atoms with Crippen LogP contribution in [0.4, 0.5) is 5.69 Å². The fourth-order valence-electron chi connectivity index (χ4n) is 2.70. The number of thioether (sulfide) groups is 1. The van der Waals surface area contributed by atoms with E-state index in [1.54, 1.807) is 23.1 Å². The maximum Gasteiger partial charge on any atom is 0.277 e. The molecule has 142 valence electrons. The van der Waals surface area contributed by atoms with Gasteiger partial charge in [-0.3, -0.25) is 4.79 Å². The zero-order chi connectivity index (χ0) is 19.3. The molecule has 2 heterocycles. The van der Waals surface area contributed by atoms with Crippen LogP contribution in [-0.4, -0.2) is 35.2 Å². The van der Waals surface area contributed by atoms with E-state index in [-0.39, 0.29) is 18.5 Å². The second kappa shape index (κ2) is 8.18. The van der Waals surface area contributed by atoms with Gasteiger partial charge in [0.05, 0.1) is 5.75 Å². The van der Waals surface area contributed by atoms with Crippen LogP contribution in [0.3, 0.4) is 0 Å². The molecule has 0 unspecified atom stereocenters. The second-order valence-corrected chi connectivity index (χ2v) is 6.78. The number of anilines is 1. The highest BCUT2D eigenvalue weighted by Crippen LogP contribution is 2.36. The first kappa shape index (κ1) is 18.1. The Morgan fingerprint density at radius 2 is 1.96 bits per heavy atom. The number of amides is 1. The molecule has 0 aliphatic carbocycles. The van der Waals surface area contributed by atoms with Crippen LogP contribution in [-0.2, 0) is 4.79 Å². The fraction of sp³-hybridized carbons (Fsp3) is 0.150. The molecule has 2 aromatic carbocycles. The van der Waals surface area contributed by atoms with E-state index >= 15 is 0 Å². The summed E-state index contributed by atoms with van der Waals surface area (Å²) in [5.74, 6) is 1.79. The molecule has 3 aromatic rings. The second-order valence-electron chi connectivity index (χ2n) is 5.86. The smallest absolute Gasteiger partial charge is 0.277 e. The molecule has 0 N–H and O–H groups in total. The largest absolute Gasteiger partial charge is 0.454 e. The minimum Gasteiger partial charge on any atom is -0.454 e. The molecule has 8 heteroatoms. The number of aromatic nitrogens is 2. The standard InChI is InChI=1S/C20H17N3O4S/c1-2-10-23(15-6-4-3-5-7-15)18(24)12-28-20-22-21-19(27-20)14-8-9-16-17(11-14)26-13-25-16/h2-9,11H,1,10,12-13H2. The maximum absolute atomic E-state index is 12.6. The predicted molar refractivity (Wildman–Crippen MR) is 106 cm³/mol. The van der Waals surface area contributed by atoms with Crippen molar-refractivity contribution in [2.45, 2.75) is 5.22 Å². The Labute approximate surface area is 166 Å². The van der Waals surface area contributed by atoms with E-state index in [4.69, 9.17) is 13.9 Å². The van der Waals surface area contributed by atoms with Crippen molar-refractivity contribution in [1.29, 1.82) is 0 Å². The number of hydrogen-bond acceptors (Lipinski definition) is 7. The van der Waals surface area contributed by atoms with Crippen molar-refractivity contribution in [1.82, 2.24) is 10.2 Å². The van der Waals surface area contributed by atoms with Gasteiger partial charge in [-0.05, 0) is 30.3 Å². The summed E-state index contributed by atoms with van der Waals surface area (Å²) < 4.78 is 16.3. The highest BCUT2D eigenvalue weighted by Gasteiger charge is 2.19. The number of carbonyl (C=O) groups excluding carboxylic acids is 1. The zero-order valence-electron chi connectivity index (χ0n) is 14.9. The van der Waals surface area contributed by atoms with E-state index in [9.17, 15) is 4.79 Å². The molecule has 0 fully saturated rings. The van der Waals surface area contributed by atoms with Crippen LogP contribution in [0.2, 0.25) is 0 Å². The average molecular weight is 395 g/mol. The van der Waals surface area contributed by atoms with E-state index in [0.29, 0.717) is 29.2 Å². The molecular weight excluding hydrogens is 378 g/mol. The molecule has 1 aromatic heterocycles. The van der Waals surface area contributed by atoms with Crippen molar-refractivity contribution >= 4 is 23.4 Å². The first-order chi connectivity index (χ1) is 13.7. The van der Waals surface area contributed by atoms with E-state index < -0.39 is 0 Å². The van der Waals surface area contributed by atoms with Crippen molar-refractivity contribution in [2.75, 3.05) is 24.0 Å². The minimum atomic E-state index is -0.0704. The summed E-state index contributed by atoms with van der Waals surface area (Å²) in [6.07, 6.45) is 1.69. The van der Waals surface area contributed by atoms with Crippen LogP contribution < -0.4 is 14.4 Å². The molecule has 1 amide bonds. The number of hydrogen-bond donors (Lipinski definition) is 0. The maximum atomic E-state index is 12.6. The Bertz CT molecular complexity index is 990. The van der Waals surface area contributed by atoms with Crippen LogP contribution in [0.25, 0.3) is 11.5 Å². The molecule has 7 nitrogen and oxygen atoms in total. The lowest BCUT2D eigenvalue weighted by atomic mass is 10.2. The number of ether oxygens (including phenoxy) is 2. The molecule has 0 atom stereocenters. The summed E-state index contributed by atoms with van der Waals surface area (Å²) >= 11 is 1.20. The summed E-state index contributed by atoms with van der Waals surface area (Å²) in [6, 6.07) is 14.9. The Morgan fingerprint density at radius 3 is 2.79 bits per heavy atom. The predicted octanol–water partition coefficient (Wildman–Crippen LogP) is 3.78. The van der Waals surface area contributed by atoms with E-state index in [0.717, 1.165) is 11.3 Å². The van der Waals surface area contributed by atoms with E-state index in [1.807, 2.05) is 36.4 Å². The third kappa shape index (κ3) is 3.86. The molecule has 1 aliphatic heterocycles. The van der Waals surface area contributed by atoms with Gasteiger partial charge in [0.1, 0.15) is 0 Å². The van der Waals surface area contributed by atoms with Crippen molar-refractivity contribution in [3.63, 3.8) is 0 Å². The van der Waals surface area contributed by atoms with Crippen molar-refractivity contribution in [3.05, 3.63) is 61.2 Å². The third-order valence-corrected chi connectivity index (χ3v) is 4.83. The molecule has 0 bridgehead atoms. The van der Waals surface area contributed by atoms with Crippen LogP contribution in [0, 0.1) is 0 Å². The summed E-state index contributed by atoms with van der Waals surface area (Å²) in [4.78, 5) is 14.3. The molecule has 0 spiro atoms. The normalized spacial score (nSPS) is 12.0. The van der Waals surface area contributed by atoms with Crippen molar-refractivity contribution < 1.29 is 18.7 Å². The van der Waals surface area contributed by atoms with Crippen LogP contribution in [0.5, 0.6) is 11.5 Å². The lowest BCUT2D eigenvalue weighted by molar-refractivity contribution is -0.116. The highest BCUT2D eigenvalue weighted by atomic mass is 32.2. The van der Waals surface area contributed by atoms with Gasteiger partial charge in [0.15, 0.2) is 11.5 Å². The SMILES string of the molecule is C=CCN(C(=O)CSc1nnc(-c2ccc3c(c2)OCO3)o1)c1ccccc1. The Morgan fingerprint density at radius 1 is 1.14 bits per heavy atom. The van der Waals surface area contributed by atoms with Gasteiger partial charge in [-0.1, -0.05) is 36.0 Å². The third-order valence-electron chi connectivity index (χ3n) is 4.03. The number of fused-ring (bicyclic) bond motifs is 1. The van der Waals surface area contributed by atoms with Crippen molar-refractivity contribution in [3.8, 4) is 23.0 Å². The molecule has 0 saturated carbocycles. The fourth-order valence-corrected chi connectivity index (χ4v) is 3.34. The van der Waals surface area contributed by atoms with Gasteiger partial charge in [-0.2, -0.15) is 0 Å². The number of para-hydroxylation sites is 1. The Hall–Kier alpha value is -3.26. The molecule has 0 radical (unpaired) electrons. The Kier molecular flexibility index (Phi) is 5.29. The monoisotopic (exact) mass is 395 g/mol. The van der Waals surface area contributed by atoms with Gasteiger partial charge in [0.2, 0.25) is 18.6 Å². The lowest BCUT2D eigenvalue weighted by Crippen LogP contribution is -2.32. The Balaban J connectivity index is 1.42. The molecule has 0 saturated heterocycles. The van der Waals surface area contributed by atoms with E-state index in [2.05, 4.69) is 16.8 Å². The molecular formula is C20H17N3O4S. The van der Waals surface area contributed by atoms with Gasteiger partial charge in [0, 0.05) is 17.8 Å². The number of rotatable bonds is 7. The number of benzene rings is 2. The first-order valence-corrected chi connectivity index (χ1v) is 9.56. The molecule has 28 heavy (non-hydrogen) atoms. The molecule has 1 aliphatic rings. The van der Waals surface area contributed by atoms with Crippen LogP contribution in [0.1, 0.15) is 0 Å². The summed E-state index contributed by atoms with van der Waals surface area (Å²) in [7, 11) is 0. The first-order valence-electron chi connectivity index (χ1n) is 8.57. The topological polar surface area (TPSA) is 77.7 Å². The quantitative estimate of drug-likeness (QED) is 0.445. The van der Waals surface area contributed by atoms with Gasteiger partial charge < -0.3 is 18.8 Å². The van der Waals surface area contributed by atoms with Gasteiger partial charge in [0.25, 0.3) is 5.22 Å². The lowest BCUT2D eigenvalue weighted by Gasteiger charge is -2.20. The zero-order valence-corrected chi connectivity index (χ0v) is 15.7. The molecule has 4 rings (SSSR count). The summed E-state index contributed by atoms with van der Waals surface area (Å²) in [6.45, 7) is 4.36. The summed E-state index contributed by atoms with van der Waals surface area (Å²) in [5, 5.41) is 8.40. The van der Waals surface area contributed by atoms with Gasteiger partial charge in [-0.15, -0.1) is 16.8 Å². The minimum absolute atomic E-state index is 0.0704. The van der Waals surface area contributed by atoms with Gasteiger partial charge >= 0.3 is 0 Å². The average Bonchev–Trinajstić information content (AvgIpc) is 3.39.